The summed E-state index contributed by atoms with van der Waals surface area (Å²) in [4.78, 5) is 32.0. The van der Waals surface area contributed by atoms with E-state index in [1.54, 1.807) is 15.6 Å². The first-order valence-electron chi connectivity index (χ1n) is 13.2. The lowest BCUT2D eigenvalue weighted by molar-refractivity contribution is 0.295. The summed E-state index contributed by atoms with van der Waals surface area (Å²) < 4.78 is 9.28. The summed E-state index contributed by atoms with van der Waals surface area (Å²) in [5.74, 6) is 1.52. The normalized spacial score (nSPS) is 16.7. The molecule has 5 heterocycles. The fourth-order valence-corrected chi connectivity index (χ4v) is 4.87. The van der Waals surface area contributed by atoms with Crippen LogP contribution < -0.4 is 20.5 Å². The minimum absolute atomic E-state index is 0.157. The molecule has 0 atom stereocenters. The van der Waals surface area contributed by atoms with Crippen molar-refractivity contribution in [3.63, 3.8) is 0 Å². The number of allylic oxidation sites excluding steroid dienone is 2. The summed E-state index contributed by atoms with van der Waals surface area (Å²) in [5, 5.41) is 3.74. The minimum atomic E-state index is -0.157. The van der Waals surface area contributed by atoms with Gasteiger partial charge in [-0.15, -0.1) is 0 Å². The summed E-state index contributed by atoms with van der Waals surface area (Å²) in [5.41, 5.74) is 2.42. The second-order valence-electron chi connectivity index (χ2n) is 9.74. The van der Waals surface area contributed by atoms with Crippen LogP contribution in [0.5, 0.6) is 5.88 Å². The van der Waals surface area contributed by atoms with Gasteiger partial charge in [-0.25, -0.2) is 14.3 Å². The van der Waals surface area contributed by atoms with E-state index in [1.807, 2.05) is 36.4 Å². The third-order valence-corrected chi connectivity index (χ3v) is 7.05. The Hall–Kier alpha value is -4.18. The Labute approximate surface area is 221 Å². The van der Waals surface area contributed by atoms with E-state index in [4.69, 9.17) is 9.72 Å². The average Bonchev–Trinajstić information content (AvgIpc) is 3.22. The van der Waals surface area contributed by atoms with Gasteiger partial charge in [0.05, 0.1) is 13.2 Å². The van der Waals surface area contributed by atoms with Crippen molar-refractivity contribution in [3.8, 4) is 11.7 Å². The highest BCUT2D eigenvalue weighted by molar-refractivity contribution is 5.77. The molecule has 0 spiro atoms. The highest BCUT2D eigenvalue weighted by atomic mass is 16.5. The number of pyridine rings is 1. The SMILES string of the molecule is CN1CCN(c2ccc(Nc3ncc4c(=O)n5n(c4n3)-c3cccc(n3)OCCCCC=CC5)cc2)CC1. The Morgan fingerprint density at radius 1 is 0.947 bits per heavy atom. The largest absolute Gasteiger partial charge is 0.478 e. The zero-order valence-corrected chi connectivity index (χ0v) is 21.6. The number of rotatable bonds is 3. The third-order valence-electron chi connectivity index (χ3n) is 7.05. The lowest BCUT2D eigenvalue weighted by Gasteiger charge is -2.34. The molecule has 0 saturated carbocycles. The molecule has 0 unspecified atom stereocenters. The summed E-state index contributed by atoms with van der Waals surface area (Å²) >= 11 is 0. The zero-order valence-electron chi connectivity index (χ0n) is 21.6. The lowest BCUT2D eigenvalue weighted by atomic mass is 10.2. The van der Waals surface area contributed by atoms with E-state index in [2.05, 4.69) is 50.3 Å². The van der Waals surface area contributed by atoms with E-state index < -0.39 is 0 Å². The molecule has 38 heavy (non-hydrogen) atoms. The maximum absolute atomic E-state index is 13.4. The molecule has 2 aliphatic rings. The Morgan fingerprint density at radius 3 is 2.63 bits per heavy atom. The Kier molecular flexibility index (Phi) is 6.78. The molecule has 0 amide bonds. The number of ether oxygens (including phenoxy) is 1. The Balaban J connectivity index is 1.34. The van der Waals surface area contributed by atoms with Gasteiger partial charge in [-0.3, -0.25) is 4.79 Å². The molecular weight excluding hydrogens is 480 g/mol. The molecule has 10 heteroatoms. The molecule has 2 aliphatic heterocycles. The molecule has 6 rings (SSSR count). The Bertz CT molecular complexity index is 1500. The Morgan fingerprint density at radius 2 is 1.79 bits per heavy atom. The van der Waals surface area contributed by atoms with Crippen molar-refractivity contribution < 1.29 is 4.74 Å². The van der Waals surface area contributed by atoms with E-state index >= 15 is 0 Å². The van der Waals surface area contributed by atoms with Gasteiger partial charge >= 0.3 is 0 Å². The van der Waals surface area contributed by atoms with Crippen LogP contribution >= 0.6 is 0 Å². The maximum atomic E-state index is 13.4. The van der Waals surface area contributed by atoms with Gasteiger partial charge in [-0.2, -0.15) is 9.97 Å². The molecule has 2 bridgehead atoms. The number of nitrogens with one attached hydrogen (secondary N) is 1. The number of hydrogen-bond donors (Lipinski definition) is 1. The van der Waals surface area contributed by atoms with E-state index in [1.165, 1.54) is 5.69 Å². The first-order chi connectivity index (χ1) is 18.7. The van der Waals surface area contributed by atoms with Crippen LogP contribution in [0, 0.1) is 0 Å². The van der Waals surface area contributed by atoms with Crippen LogP contribution in [0.4, 0.5) is 17.3 Å². The smallest absolute Gasteiger partial charge is 0.278 e. The molecule has 10 nitrogen and oxygen atoms in total. The molecule has 0 aliphatic carbocycles. The fourth-order valence-electron chi connectivity index (χ4n) is 4.87. The van der Waals surface area contributed by atoms with Crippen molar-refractivity contribution in [2.75, 3.05) is 50.1 Å². The number of anilines is 3. The molecule has 3 aromatic heterocycles. The standard InChI is InChI=1S/C28H32N8O2/c1-33-15-17-34(18-16-33)22-12-10-21(11-13-22)30-28-29-20-23-26(32-28)36-24-8-7-9-25(31-24)38-19-6-4-2-3-5-14-35(36)27(23)37/h3,5,7-13,20H,2,4,6,14-19H2,1H3,(H,29,30,32). The summed E-state index contributed by atoms with van der Waals surface area (Å²) in [6.07, 6.45) is 8.62. The van der Waals surface area contributed by atoms with Crippen molar-refractivity contribution in [2.24, 2.45) is 0 Å². The van der Waals surface area contributed by atoms with E-state index in [9.17, 15) is 4.79 Å². The fraction of sp³-hybridized carbons (Fsp3) is 0.357. The van der Waals surface area contributed by atoms with Crippen LogP contribution in [0.15, 0.2) is 65.6 Å². The first-order valence-corrected chi connectivity index (χ1v) is 13.2. The predicted molar refractivity (Wildman–Crippen MR) is 149 cm³/mol. The highest BCUT2D eigenvalue weighted by Crippen LogP contribution is 2.23. The predicted octanol–water partition coefficient (Wildman–Crippen LogP) is 3.59. The molecule has 196 valence electrons. The van der Waals surface area contributed by atoms with Crippen molar-refractivity contribution in [2.45, 2.75) is 25.8 Å². The minimum Gasteiger partial charge on any atom is -0.478 e. The quantitative estimate of drug-likeness (QED) is 0.417. The monoisotopic (exact) mass is 512 g/mol. The molecule has 1 fully saturated rings. The van der Waals surface area contributed by atoms with Crippen LogP contribution in [0.2, 0.25) is 0 Å². The van der Waals surface area contributed by atoms with E-state index in [0.29, 0.717) is 41.8 Å². The highest BCUT2D eigenvalue weighted by Gasteiger charge is 2.19. The van der Waals surface area contributed by atoms with Gasteiger partial charge in [0.25, 0.3) is 5.56 Å². The third kappa shape index (κ3) is 4.99. The van der Waals surface area contributed by atoms with Crippen molar-refractivity contribution in [1.82, 2.24) is 29.2 Å². The molecule has 1 N–H and O–H groups in total. The number of hydrogen-bond acceptors (Lipinski definition) is 8. The number of fused-ring (bicyclic) bond motifs is 6. The van der Waals surface area contributed by atoms with Crippen LogP contribution in [0.3, 0.4) is 0 Å². The number of aromatic nitrogens is 5. The van der Waals surface area contributed by atoms with E-state index in [0.717, 1.165) is 51.1 Å². The second-order valence-corrected chi connectivity index (χ2v) is 9.74. The lowest BCUT2D eigenvalue weighted by Crippen LogP contribution is -2.44. The van der Waals surface area contributed by atoms with Gasteiger partial charge in [0, 0.05) is 49.8 Å². The van der Waals surface area contributed by atoms with Crippen molar-refractivity contribution in [3.05, 3.63) is 71.2 Å². The summed E-state index contributed by atoms with van der Waals surface area (Å²) in [6, 6.07) is 13.9. The molecule has 1 aromatic carbocycles. The zero-order chi connectivity index (χ0) is 25.9. The van der Waals surface area contributed by atoms with Gasteiger partial charge < -0.3 is 19.9 Å². The van der Waals surface area contributed by atoms with Gasteiger partial charge in [-0.05, 0) is 56.6 Å². The average molecular weight is 513 g/mol. The first kappa shape index (κ1) is 24.2. The van der Waals surface area contributed by atoms with E-state index in [-0.39, 0.29) is 5.56 Å². The van der Waals surface area contributed by atoms with Crippen LogP contribution in [-0.2, 0) is 6.54 Å². The van der Waals surface area contributed by atoms with Gasteiger partial charge in [0.15, 0.2) is 11.5 Å². The van der Waals surface area contributed by atoms with Crippen LogP contribution in [-0.4, -0.2) is 69.0 Å². The number of nitrogens with zero attached hydrogens (tertiary/aromatic N) is 7. The molecule has 1 saturated heterocycles. The van der Waals surface area contributed by atoms with Gasteiger partial charge in [-0.1, -0.05) is 18.2 Å². The topological polar surface area (TPSA) is 93.3 Å². The van der Waals surface area contributed by atoms with Crippen LogP contribution in [0.25, 0.3) is 16.9 Å². The van der Waals surface area contributed by atoms with Crippen LogP contribution in [0.1, 0.15) is 19.3 Å². The molecule has 4 aromatic rings. The van der Waals surface area contributed by atoms with Gasteiger partial charge in [0.2, 0.25) is 11.8 Å². The number of likely N-dealkylation sites (N-methyl/N-ethyl adjacent to an activating group) is 1. The molecular formula is C28H32N8O2. The summed E-state index contributed by atoms with van der Waals surface area (Å²) in [7, 11) is 2.16. The summed E-state index contributed by atoms with van der Waals surface area (Å²) in [6.45, 7) is 5.19. The molecule has 0 radical (unpaired) electrons. The number of benzene rings is 1. The van der Waals surface area contributed by atoms with Crippen molar-refractivity contribution in [1.29, 1.82) is 0 Å². The number of piperazine rings is 1. The van der Waals surface area contributed by atoms with Gasteiger partial charge in [0.1, 0.15) is 5.39 Å². The van der Waals surface area contributed by atoms with Crippen molar-refractivity contribution >= 4 is 28.4 Å². The second kappa shape index (κ2) is 10.7. The maximum Gasteiger partial charge on any atom is 0.278 e.